The van der Waals surface area contributed by atoms with E-state index in [2.05, 4.69) is 9.71 Å². The summed E-state index contributed by atoms with van der Waals surface area (Å²) in [6.45, 7) is 5.70. The van der Waals surface area contributed by atoms with Crippen LogP contribution in [0.5, 0.6) is 0 Å². The molecular weight excluding hydrogens is 252 g/mol. The second-order valence-corrected chi connectivity index (χ2v) is 7.76. The first-order chi connectivity index (χ1) is 8.31. The van der Waals surface area contributed by atoms with E-state index in [0.29, 0.717) is 12.3 Å². The molecule has 1 aliphatic heterocycles. The SMILES string of the molecule is CC(C)(C)S(=O)(=O)Nc1ccncc1C1CCO1. The Morgan fingerprint density at radius 3 is 2.61 bits per heavy atom. The largest absolute Gasteiger partial charge is 0.373 e. The molecule has 1 aliphatic rings. The predicted octanol–water partition coefficient (Wildman–Crippen LogP) is 2.08. The fourth-order valence-corrected chi connectivity index (χ4v) is 2.32. The van der Waals surface area contributed by atoms with Gasteiger partial charge in [0.05, 0.1) is 23.1 Å². The average Bonchev–Trinajstić information content (AvgIpc) is 2.16. The number of sulfonamides is 1. The van der Waals surface area contributed by atoms with Crippen molar-refractivity contribution in [2.24, 2.45) is 0 Å². The van der Waals surface area contributed by atoms with Crippen LogP contribution in [0.2, 0.25) is 0 Å². The third-order valence-electron chi connectivity index (χ3n) is 2.95. The molecule has 1 unspecified atom stereocenters. The second kappa shape index (κ2) is 4.51. The van der Waals surface area contributed by atoms with Gasteiger partial charge in [-0.3, -0.25) is 9.71 Å². The third-order valence-corrected chi connectivity index (χ3v) is 5.05. The molecular formula is C12H18N2O3S. The summed E-state index contributed by atoms with van der Waals surface area (Å²) in [6, 6.07) is 1.67. The van der Waals surface area contributed by atoms with Gasteiger partial charge in [-0.1, -0.05) is 0 Å². The molecule has 5 nitrogen and oxygen atoms in total. The Morgan fingerprint density at radius 2 is 2.11 bits per heavy atom. The highest BCUT2D eigenvalue weighted by Gasteiger charge is 2.31. The summed E-state index contributed by atoms with van der Waals surface area (Å²) in [5.74, 6) is 0. The Kier molecular flexibility index (Phi) is 3.33. The summed E-state index contributed by atoms with van der Waals surface area (Å²) in [7, 11) is -3.42. The standard InChI is InChI=1S/C12H18N2O3S/c1-12(2,3)18(15,16)14-10-4-6-13-8-9(10)11-5-7-17-11/h4,6,8,11H,5,7H2,1-3H3,(H,13,14). The minimum atomic E-state index is -3.42. The lowest BCUT2D eigenvalue weighted by Crippen LogP contribution is -2.34. The number of hydrogen-bond donors (Lipinski definition) is 1. The lowest BCUT2D eigenvalue weighted by atomic mass is 10.0. The minimum Gasteiger partial charge on any atom is -0.373 e. The van der Waals surface area contributed by atoms with Gasteiger partial charge in [0.25, 0.3) is 0 Å². The zero-order valence-electron chi connectivity index (χ0n) is 10.8. The lowest BCUT2D eigenvalue weighted by Gasteiger charge is -2.29. The van der Waals surface area contributed by atoms with Crippen LogP contribution in [0.3, 0.4) is 0 Å². The number of nitrogens with one attached hydrogen (secondary N) is 1. The smallest absolute Gasteiger partial charge is 0.237 e. The first kappa shape index (κ1) is 13.3. The van der Waals surface area contributed by atoms with Gasteiger partial charge in [0, 0.05) is 24.4 Å². The molecule has 1 saturated heterocycles. The van der Waals surface area contributed by atoms with Crippen LogP contribution in [0, 0.1) is 0 Å². The summed E-state index contributed by atoms with van der Waals surface area (Å²) in [5.41, 5.74) is 1.36. The molecule has 1 atom stereocenters. The van der Waals surface area contributed by atoms with Crippen molar-refractivity contribution in [1.82, 2.24) is 4.98 Å². The quantitative estimate of drug-likeness (QED) is 0.913. The molecule has 0 amide bonds. The highest BCUT2D eigenvalue weighted by molar-refractivity contribution is 7.94. The van der Waals surface area contributed by atoms with E-state index in [1.165, 1.54) is 0 Å². The molecule has 18 heavy (non-hydrogen) atoms. The normalized spacial score (nSPS) is 20.3. The van der Waals surface area contributed by atoms with Crippen LogP contribution in [-0.4, -0.2) is 24.8 Å². The van der Waals surface area contributed by atoms with Crippen molar-refractivity contribution in [3.05, 3.63) is 24.0 Å². The van der Waals surface area contributed by atoms with Crippen LogP contribution >= 0.6 is 0 Å². The van der Waals surface area contributed by atoms with E-state index in [-0.39, 0.29) is 6.10 Å². The van der Waals surface area contributed by atoms with Gasteiger partial charge < -0.3 is 4.74 Å². The molecule has 1 N–H and O–H groups in total. The van der Waals surface area contributed by atoms with E-state index < -0.39 is 14.8 Å². The number of aromatic nitrogens is 1. The number of hydrogen-bond acceptors (Lipinski definition) is 4. The van der Waals surface area contributed by atoms with E-state index in [0.717, 1.165) is 12.0 Å². The van der Waals surface area contributed by atoms with Crippen molar-refractivity contribution in [1.29, 1.82) is 0 Å². The fourth-order valence-electron chi connectivity index (χ4n) is 1.54. The first-order valence-electron chi connectivity index (χ1n) is 5.89. The Bertz CT molecular complexity index is 530. The predicted molar refractivity (Wildman–Crippen MR) is 69.8 cm³/mol. The minimum absolute atomic E-state index is 0.0450. The van der Waals surface area contributed by atoms with Crippen LogP contribution < -0.4 is 4.72 Å². The lowest BCUT2D eigenvalue weighted by molar-refractivity contribution is -0.0524. The van der Waals surface area contributed by atoms with Gasteiger partial charge in [-0.05, 0) is 26.8 Å². The van der Waals surface area contributed by atoms with Crippen LogP contribution in [0.15, 0.2) is 18.5 Å². The Morgan fingerprint density at radius 1 is 1.44 bits per heavy atom. The van der Waals surface area contributed by atoms with Crippen molar-refractivity contribution < 1.29 is 13.2 Å². The highest BCUT2D eigenvalue weighted by atomic mass is 32.2. The maximum absolute atomic E-state index is 12.1. The third kappa shape index (κ3) is 2.49. The Hall–Kier alpha value is -1.14. The second-order valence-electron chi connectivity index (χ2n) is 5.33. The molecule has 0 aromatic carbocycles. The summed E-state index contributed by atoms with van der Waals surface area (Å²) in [5, 5.41) is 0. The zero-order valence-corrected chi connectivity index (χ0v) is 11.6. The fraction of sp³-hybridized carbons (Fsp3) is 0.583. The topological polar surface area (TPSA) is 68.3 Å². The summed E-state index contributed by atoms with van der Waals surface area (Å²) in [4.78, 5) is 4.03. The molecule has 6 heteroatoms. The van der Waals surface area contributed by atoms with E-state index in [1.54, 1.807) is 39.2 Å². The van der Waals surface area contributed by atoms with E-state index >= 15 is 0 Å². The highest BCUT2D eigenvalue weighted by Crippen LogP contribution is 2.34. The monoisotopic (exact) mass is 270 g/mol. The van der Waals surface area contributed by atoms with Gasteiger partial charge >= 0.3 is 0 Å². The summed E-state index contributed by atoms with van der Waals surface area (Å²) < 4.78 is 31.4. The van der Waals surface area contributed by atoms with Gasteiger partial charge in [0.2, 0.25) is 10.0 Å². The molecule has 0 bridgehead atoms. The van der Waals surface area contributed by atoms with Gasteiger partial charge in [0.15, 0.2) is 0 Å². The first-order valence-corrected chi connectivity index (χ1v) is 7.37. The number of pyridine rings is 1. The summed E-state index contributed by atoms with van der Waals surface area (Å²) >= 11 is 0. The number of nitrogens with zero attached hydrogens (tertiary/aromatic N) is 1. The van der Waals surface area contributed by atoms with Crippen LogP contribution in [0.1, 0.15) is 38.9 Å². The summed E-state index contributed by atoms with van der Waals surface area (Å²) in [6.07, 6.45) is 4.08. The molecule has 2 heterocycles. The van der Waals surface area contributed by atoms with Crippen LogP contribution in [-0.2, 0) is 14.8 Å². The molecule has 100 valence electrons. The average molecular weight is 270 g/mol. The Labute approximate surface area is 108 Å². The molecule has 0 aliphatic carbocycles. The van der Waals surface area contributed by atoms with Crippen LogP contribution in [0.25, 0.3) is 0 Å². The van der Waals surface area contributed by atoms with Gasteiger partial charge in [-0.2, -0.15) is 0 Å². The number of rotatable bonds is 3. The van der Waals surface area contributed by atoms with Crippen molar-refractivity contribution in [2.75, 3.05) is 11.3 Å². The maximum atomic E-state index is 12.1. The van der Waals surface area contributed by atoms with Gasteiger partial charge in [0.1, 0.15) is 0 Å². The molecule has 0 saturated carbocycles. The molecule has 0 spiro atoms. The molecule has 2 rings (SSSR count). The van der Waals surface area contributed by atoms with Crippen molar-refractivity contribution in [3.63, 3.8) is 0 Å². The molecule has 1 fully saturated rings. The number of ether oxygens (including phenoxy) is 1. The van der Waals surface area contributed by atoms with Crippen molar-refractivity contribution in [3.8, 4) is 0 Å². The van der Waals surface area contributed by atoms with E-state index in [9.17, 15) is 8.42 Å². The molecule has 0 radical (unpaired) electrons. The van der Waals surface area contributed by atoms with E-state index in [4.69, 9.17) is 4.74 Å². The molecule has 1 aromatic rings. The zero-order chi connectivity index (χ0) is 13.4. The van der Waals surface area contributed by atoms with E-state index in [1.807, 2.05) is 0 Å². The van der Waals surface area contributed by atoms with Gasteiger partial charge in [-0.25, -0.2) is 8.42 Å². The van der Waals surface area contributed by atoms with Crippen LogP contribution in [0.4, 0.5) is 5.69 Å². The van der Waals surface area contributed by atoms with Crippen molar-refractivity contribution >= 4 is 15.7 Å². The maximum Gasteiger partial charge on any atom is 0.237 e. The molecule has 1 aromatic heterocycles. The van der Waals surface area contributed by atoms with Crippen molar-refractivity contribution in [2.45, 2.75) is 38.0 Å². The number of anilines is 1. The Balaban J connectivity index is 2.29. The van der Waals surface area contributed by atoms with Gasteiger partial charge in [-0.15, -0.1) is 0 Å².